The van der Waals surface area contributed by atoms with E-state index in [0.29, 0.717) is 6.42 Å². The zero-order chi connectivity index (χ0) is 9.26. The molecule has 0 unspecified atom stereocenters. The highest BCUT2D eigenvalue weighted by atomic mass is 16.1. The van der Waals surface area contributed by atoms with Gasteiger partial charge in [-0.3, -0.25) is 9.48 Å². The van der Waals surface area contributed by atoms with Gasteiger partial charge in [0.05, 0.1) is 11.9 Å². The van der Waals surface area contributed by atoms with Gasteiger partial charge in [0.15, 0.2) is 5.78 Å². The molecule has 1 aliphatic carbocycles. The lowest BCUT2D eigenvalue weighted by Crippen LogP contribution is -1.94. The van der Waals surface area contributed by atoms with Crippen LogP contribution in [0.4, 0.5) is 5.69 Å². The highest BCUT2D eigenvalue weighted by Gasteiger charge is 2.11. The van der Waals surface area contributed by atoms with Crippen molar-refractivity contribution in [2.75, 3.05) is 5.32 Å². The van der Waals surface area contributed by atoms with E-state index in [4.69, 9.17) is 0 Å². The summed E-state index contributed by atoms with van der Waals surface area (Å²) >= 11 is 0. The molecule has 1 aliphatic rings. The van der Waals surface area contributed by atoms with Crippen LogP contribution in [0.15, 0.2) is 24.2 Å². The second-order valence-corrected chi connectivity index (χ2v) is 3.16. The molecule has 0 saturated heterocycles. The molecule has 1 N–H and O–H groups in total. The van der Waals surface area contributed by atoms with Crippen molar-refractivity contribution >= 4 is 11.5 Å². The lowest BCUT2D eigenvalue weighted by molar-refractivity contribution is -0.114. The first-order valence-corrected chi connectivity index (χ1v) is 4.23. The summed E-state index contributed by atoms with van der Waals surface area (Å²) in [6, 6.07) is 0. The predicted octanol–water partition coefficient (Wildman–Crippen LogP) is 1.08. The fraction of sp³-hybridized carbons (Fsp3) is 0.333. The Morgan fingerprint density at radius 3 is 2.92 bits per heavy atom. The standard InChI is InChI=1S/C9H11N3O/c1-12-6-8(5-10-12)11-7-2-3-9(13)4-7/h4-6,11H,2-3H2,1H3. The summed E-state index contributed by atoms with van der Waals surface area (Å²) < 4.78 is 1.72. The quantitative estimate of drug-likeness (QED) is 0.735. The maximum absolute atomic E-state index is 10.9. The molecule has 68 valence electrons. The number of hydrogen-bond donors (Lipinski definition) is 1. The molecule has 4 heteroatoms. The Labute approximate surface area is 76.2 Å². The molecular weight excluding hydrogens is 166 g/mol. The molecule has 0 saturated carbocycles. The maximum Gasteiger partial charge on any atom is 0.157 e. The Morgan fingerprint density at radius 2 is 2.38 bits per heavy atom. The van der Waals surface area contributed by atoms with Gasteiger partial charge in [-0.2, -0.15) is 5.10 Å². The third kappa shape index (κ3) is 1.77. The molecule has 4 nitrogen and oxygen atoms in total. The highest BCUT2D eigenvalue weighted by molar-refractivity contribution is 5.93. The number of allylic oxidation sites excluding steroid dienone is 2. The van der Waals surface area contributed by atoms with Crippen LogP contribution < -0.4 is 5.32 Å². The first-order chi connectivity index (χ1) is 6.24. The number of anilines is 1. The van der Waals surface area contributed by atoms with Crippen molar-refractivity contribution < 1.29 is 4.79 Å². The molecule has 0 bridgehead atoms. The molecule has 0 aliphatic heterocycles. The van der Waals surface area contributed by atoms with Crippen LogP contribution in [0.1, 0.15) is 12.8 Å². The second kappa shape index (κ2) is 3.05. The molecule has 1 aromatic heterocycles. The van der Waals surface area contributed by atoms with Gasteiger partial charge in [0, 0.05) is 31.4 Å². The Balaban J connectivity index is 2.06. The number of rotatable bonds is 2. The van der Waals surface area contributed by atoms with Crippen LogP contribution in [0.2, 0.25) is 0 Å². The van der Waals surface area contributed by atoms with E-state index in [0.717, 1.165) is 17.8 Å². The topological polar surface area (TPSA) is 46.9 Å². The molecular formula is C9H11N3O. The van der Waals surface area contributed by atoms with E-state index in [1.165, 1.54) is 0 Å². The van der Waals surface area contributed by atoms with E-state index in [1.54, 1.807) is 17.0 Å². The number of ketones is 1. The number of aromatic nitrogens is 2. The van der Waals surface area contributed by atoms with Crippen LogP contribution in [0, 0.1) is 0 Å². The largest absolute Gasteiger partial charge is 0.356 e. The SMILES string of the molecule is Cn1cc(NC2=CC(=O)CC2)cn1. The fourth-order valence-electron chi connectivity index (χ4n) is 1.37. The molecule has 13 heavy (non-hydrogen) atoms. The predicted molar refractivity (Wildman–Crippen MR) is 49.2 cm³/mol. The van der Waals surface area contributed by atoms with Gasteiger partial charge >= 0.3 is 0 Å². The summed E-state index contributed by atoms with van der Waals surface area (Å²) in [5, 5.41) is 7.17. The van der Waals surface area contributed by atoms with Gasteiger partial charge < -0.3 is 5.32 Å². The minimum atomic E-state index is 0.200. The number of aryl methyl sites for hydroxylation is 1. The van der Waals surface area contributed by atoms with Gasteiger partial charge in [-0.1, -0.05) is 0 Å². The van der Waals surface area contributed by atoms with Crippen LogP contribution in [0.25, 0.3) is 0 Å². The normalized spacial score (nSPS) is 16.1. The van der Waals surface area contributed by atoms with Gasteiger partial charge in [0.2, 0.25) is 0 Å². The Kier molecular flexibility index (Phi) is 1.88. The number of nitrogens with one attached hydrogen (secondary N) is 1. The first kappa shape index (κ1) is 8.04. The van der Waals surface area contributed by atoms with E-state index >= 15 is 0 Å². The van der Waals surface area contributed by atoms with Crippen LogP contribution in [0.3, 0.4) is 0 Å². The molecule has 0 fully saturated rings. The molecule has 0 spiro atoms. The lowest BCUT2D eigenvalue weighted by atomic mass is 10.3. The van der Waals surface area contributed by atoms with Crippen LogP contribution >= 0.6 is 0 Å². The monoisotopic (exact) mass is 177 g/mol. The minimum Gasteiger partial charge on any atom is -0.356 e. The molecule has 0 radical (unpaired) electrons. The summed E-state index contributed by atoms with van der Waals surface area (Å²) in [4.78, 5) is 10.9. The Bertz CT molecular complexity index is 365. The summed E-state index contributed by atoms with van der Waals surface area (Å²) in [5.74, 6) is 0.200. The summed E-state index contributed by atoms with van der Waals surface area (Å²) in [5.41, 5.74) is 1.92. The Morgan fingerprint density at radius 1 is 1.54 bits per heavy atom. The first-order valence-electron chi connectivity index (χ1n) is 4.23. The zero-order valence-corrected chi connectivity index (χ0v) is 7.45. The number of hydrogen-bond acceptors (Lipinski definition) is 3. The molecule has 0 atom stereocenters. The van der Waals surface area contributed by atoms with Crippen molar-refractivity contribution in [3.63, 3.8) is 0 Å². The molecule has 0 aromatic carbocycles. The van der Waals surface area contributed by atoms with Crippen molar-refractivity contribution in [2.24, 2.45) is 7.05 Å². The van der Waals surface area contributed by atoms with Gasteiger partial charge in [-0.05, 0) is 6.42 Å². The van der Waals surface area contributed by atoms with Crippen molar-refractivity contribution in [3.8, 4) is 0 Å². The summed E-state index contributed by atoms with van der Waals surface area (Å²) in [7, 11) is 1.86. The fourth-order valence-corrected chi connectivity index (χ4v) is 1.37. The third-order valence-electron chi connectivity index (χ3n) is 1.99. The number of carbonyl (C=O) groups excluding carboxylic acids is 1. The van der Waals surface area contributed by atoms with Crippen molar-refractivity contribution in [1.82, 2.24) is 9.78 Å². The third-order valence-corrected chi connectivity index (χ3v) is 1.99. The summed E-state index contributed by atoms with van der Waals surface area (Å²) in [6.07, 6.45) is 6.72. The van der Waals surface area contributed by atoms with Gasteiger partial charge in [-0.15, -0.1) is 0 Å². The van der Waals surface area contributed by atoms with Crippen LogP contribution in [-0.4, -0.2) is 15.6 Å². The van der Waals surface area contributed by atoms with E-state index in [1.807, 2.05) is 13.2 Å². The van der Waals surface area contributed by atoms with Crippen molar-refractivity contribution in [1.29, 1.82) is 0 Å². The lowest BCUT2D eigenvalue weighted by Gasteiger charge is -2.01. The number of nitrogens with zero attached hydrogens (tertiary/aromatic N) is 2. The second-order valence-electron chi connectivity index (χ2n) is 3.16. The highest BCUT2D eigenvalue weighted by Crippen LogP contribution is 2.17. The van der Waals surface area contributed by atoms with Gasteiger partial charge in [0.25, 0.3) is 0 Å². The average molecular weight is 177 g/mol. The molecule has 1 heterocycles. The maximum atomic E-state index is 10.9. The van der Waals surface area contributed by atoms with E-state index in [-0.39, 0.29) is 5.78 Å². The van der Waals surface area contributed by atoms with E-state index < -0.39 is 0 Å². The van der Waals surface area contributed by atoms with Crippen LogP contribution in [-0.2, 0) is 11.8 Å². The van der Waals surface area contributed by atoms with Gasteiger partial charge in [0.1, 0.15) is 0 Å². The van der Waals surface area contributed by atoms with Crippen molar-refractivity contribution in [3.05, 3.63) is 24.2 Å². The summed E-state index contributed by atoms with van der Waals surface area (Å²) in [6.45, 7) is 0. The number of carbonyl (C=O) groups is 1. The molecule has 0 amide bonds. The van der Waals surface area contributed by atoms with Gasteiger partial charge in [-0.25, -0.2) is 0 Å². The average Bonchev–Trinajstić information content (AvgIpc) is 2.62. The smallest absolute Gasteiger partial charge is 0.157 e. The van der Waals surface area contributed by atoms with E-state index in [2.05, 4.69) is 10.4 Å². The molecule has 2 rings (SSSR count). The van der Waals surface area contributed by atoms with Crippen molar-refractivity contribution in [2.45, 2.75) is 12.8 Å². The van der Waals surface area contributed by atoms with E-state index in [9.17, 15) is 4.79 Å². The van der Waals surface area contributed by atoms with Crippen LogP contribution in [0.5, 0.6) is 0 Å². The molecule has 1 aromatic rings. The zero-order valence-electron chi connectivity index (χ0n) is 7.45. The Hall–Kier alpha value is -1.58. The minimum absolute atomic E-state index is 0.200.